The quantitative estimate of drug-likeness (QED) is 0.507. The van der Waals surface area contributed by atoms with Crippen LogP contribution in [0.1, 0.15) is 35.2 Å². The summed E-state index contributed by atoms with van der Waals surface area (Å²) in [4.78, 5) is 31.5. The number of nitrogens with zero attached hydrogens (tertiary/aromatic N) is 2. The van der Waals surface area contributed by atoms with Crippen LogP contribution in [-0.2, 0) is 4.79 Å². The fourth-order valence-electron chi connectivity index (χ4n) is 4.76. The van der Waals surface area contributed by atoms with E-state index in [2.05, 4.69) is 4.99 Å². The Labute approximate surface area is 198 Å². The third-order valence-corrected chi connectivity index (χ3v) is 6.65. The summed E-state index contributed by atoms with van der Waals surface area (Å²) in [7, 11) is 3.27. The average molecular weight is 461 g/mol. The van der Waals surface area contributed by atoms with Gasteiger partial charge in [0.05, 0.1) is 25.2 Å². The number of hydrogen-bond donors (Lipinski definition) is 2. The number of Topliss-reactive ketones (excluding diaryl/α,β-unsaturated/α-hetero) is 1. The van der Waals surface area contributed by atoms with Crippen LogP contribution in [-0.4, -0.2) is 67.1 Å². The van der Waals surface area contributed by atoms with E-state index in [0.29, 0.717) is 37.2 Å². The molecule has 0 radical (unpaired) electrons. The lowest BCUT2D eigenvalue weighted by atomic mass is 9.73. The Morgan fingerprint density at radius 1 is 1.18 bits per heavy atom. The number of ether oxygens (including phenoxy) is 2. The lowest BCUT2D eigenvalue weighted by Gasteiger charge is -2.48. The Balaban J connectivity index is 1.43. The van der Waals surface area contributed by atoms with Crippen molar-refractivity contribution in [3.8, 4) is 11.5 Å². The summed E-state index contributed by atoms with van der Waals surface area (Å²) >= 11 is 0. The van der Waals surface area contributed by atoms with Crippen molar-refractivity contribution in [2.45, 2.75) is 24.9 Å². The molecule has 0 bridgehead atoms. The first kappa shape index (κ1) is 23.4. The largest absolute Gasteiger partial charge is 0.497 e. The van der Waals surface area contributed by atoms with Crippen molar-refractivity contribution >= 4 is 29.3 Å². The molecule has 1 unspecified atom stereocenters. The Hall–Kier alpha value is -3.81. The normalized spacial score (nSPS) is 19.8. The number of methoxy groups -OCH3 is 1. The molecule has 2 heterocycles. The van der Waals surface area contributed by atoms with Gasteiger partial charge in [-0.2, -0.15) is 0 Å². The first-order chi connectivity index (χ1) is 16.4. The number of carbonyl (C=O) groups is 2. The van der Waals surface area contributed by atoms with E-state index in [0.717, 1.165) is 17.0 Å². The molecule has 1 fully saturated rings. The van der Waals surface area contributed by atoms with Gasteiger partial charge >= 0.3 is 0 Å². The third-order valence-electron chi connectivity index (χ3n) is 6.65. The molecule has 2 aliphatic rings. The minimum atomic E-state index is -0.664. The van der Waals surface area contributed by atoms with Crippen LogP contribution in [0.2, 0.25) is 0 Å². The number of rotatable bonds is 6. The molecule has 4 rings (SSSR count). The summed E-state index contributed by atoms with van der Waals surface area (Å²) in [5, 5.41) is 16.3. The van der Waals surface area contributed by atoms with Crippen molar-refractivity contribution in [1.29, 1.82) is 10.8 Å². The second-order valence-corrected chi connectivity index (χ2v) is 8.52. The van der Waals surface area contributed by atoms with Crippen molar-refractivity contribution in [2.75, 3.05) is 27.2 Å². The van der Waals surface area contributed by atoms with Gasteiger partial charge in [0.15, 0.2) is 5.78 Å². The highest BCUT2D eigenvalue weighted by Crippen LogP contribution is 2.42. The summed E-state index contributed by atoms with van der Waals surface area (Å²) in [5.41, 5.74) is 1.25. The van der Waals surface area contributed by atoms with Crippen LogP contribution in [0.3, 0.4) is 0 Å². The summed E-state index contributed by atoms with van der Waals surface area (Å²) in [6.07, 6.45) is 2.13. The van der Waals surface area contributed by atoms with Crippen LogP contribution in [0.25, 0.3) is 0 Å². The van der Waals surface area contributed by atoms with Gasteiger partial charge in [-0.3, -0.25) is 20.0 Å². The molecule has 176 valence electrons. The second kappa shape index (κ2) is 9.59. The molecule has 0 aliphatic carbocycles. The molecular formula is C26H28N4O4. The fourth-order valence-corrected chi connectivity index (χ4v) is 4.76. The third kappa shape index (κ3) is 4.23. The number of piperidine rings is 1. The maximum absolute atomic E-state index is 12.9. The number of amides is 1. The average Bonchev–Trinajstić information content (AvgIpc) is 2.87. The van der Waals surface area contributed by atoms with Gasteiger partial charge in [0.25, 0.3) is 5.91 Å². The smallest absolute Gasteiger partial charge is 0.267 e. The SMILES string of the molecule is CN=C1c2ccccc2OC2(CCN(C(=O)C(=N)CC(=O)c3ccc(OC)cc3)CC2)C1C=N. The summed E-state index contributed by atoms with van der Waals surface area (Å²) < 4.78 is 11.5. The summed E-state index contributed by atoms with van der Waals surface area (Å²) in [6.45, 7) is 0.753. The molecule has 1 atom stereocenters. The Morgan fingerprint density at radius 2 is 1.85 bits per heavy atom. The van der Waals surface area contributed by atoms with Crippen molar-refractivity contribution in [3.63, 3.8) is 0 Å². The van der Waals surface area contributed by atoms with Gasteiger partial charge in [0.1, 0.15) is 22.8 Å². The van der Waals surface area contributed by atoms with E-state index in [1.807, 2.05) is 24.3 Å². The number of fused-ring (bicyclic) bond motifs is 1. The monoisotopic (exact) mass is 460 g/mol. The van der Waals surface area contributed by atoms with E-state index in [9.17, 15) is 9.59 Å². The van der Waals surface area contributed by atoms with Crippen molar-refractivity contribution in [1.82, 2.24) is 4.90 Å². The van der Waals surface area contributed by atoms with Crippen LogP contribution in [0, 0.1) is 16.7 Å². The molecule has 34 heavy (non-hydrogen) atoms. The van der Waals surface area contributed by atoms with Gasteiger partial charge in [-0.05, 0) is 36.4 Å². The van der Waals surface area contributed by atoms with Crippen LogP contribution in [0.15, 0.2) is 53.5 Å². The molecule has 8 heteroatoms. The van der Waals surface area contributed by atoms with Crippen molar-refractivity contribution in [3.05, 3.63) is 59.7 Å². The zero-order chi connectivity index (χ0) is 24.3. The van der Waals surface area contributed by atoms with Gasteiger partial charge in [-0.15, -0.1) is 0 Å². The minimum absolute atomic E-state index is 0.230. The van der Waals surface area contributed by atoms with Crippen LogP contribution in [0.4, 0.5) is 0 Å². The number of para-hydroxylation sites is 1. The minimum Gasteiger partial charge on any atom is -0.497 e. The fraction of sp³-hybridized carbons (Fsp3) is 0.346. The van der Waals surface area contributed by atoms with E-state index < -0.39 is 11.5 Å². The first-order valence-electron chi connectivity index (χ1n) is 11.2. The van der Waals surface area contributed by atoms with Crippen LogP contribution in [0.5, 0.6) is 11.5 Å². The molecule has 1 spiro atoms. The van der Waals surface area contributed by atoms with Gasteiger partial charge in [-0.25, -0.2) is 0 Å². The van der Waals surface area contributed by atoms with E-state index in [-0.39, 0.29) is 23.8 Å². The molecule has 0 saturated carbocycles. The molecule has 2 aromatic rings. The highest BCUT2D eigenvalue weighted by Gasteiger charge is 2.49. The van der Waals surface area contributed by atoms with E-state index in [1.165, 1.54) is 6.21 Å². The molecule has 8 nitrogen and oxygen atoms in total. The number of nitrogens with one attached hydrogen (secondary N) is 2. The molecule has 1 amide bonds. The molecular weight excluding hydrogens is 432 g/mol. The number of benzene rings is 2. The number of aliphatic imine (C=N–C) groups is 1. The van der Waals surface area contributed by atoms with Crippen LogP contribution >= 0.6 is 0 Å². The van der Waals surface area contributed by atoms with Crippen molar-refractivity contribution < 1.29 is 19.1 Å². The standard InChI is InChI=1S/C26H28N4O4/c1-29-24-19-5-3-4-6-23(19)34-26(20(24)16-27)11-13-30(14-12-26)25(32)21(28)15-22(31)17-7-9-18(33-2)10-8-17/h3-10,16,20,27-28H,11-15H2,1-2H3. The number of carbonyl (C=O) groups excluding carboxylic acids is 2. The molecule has 0 aromatic heterocycles. The number of likely N-dealkylation sites (tertiary alicyclic amines) is 1. The Morgan fingerprint density at radius 3 is 2.47 bits per heavy atom. The maximum Gasteiger partial charge on any atom is 0.267 e. The number of ketones is 1. The van der Waals surface area contributed by atoms with Crippen molar-refractivity contribution in [2.24, 2.45) is 10.9 Å². The lowest BCUT2D eigenvalue weighted by Crippen LogP contribution is -2.58. The van der Waals surface area contributed by atoms with Gasteiger partial charge < -0.3 is 19.8 Å². The molecule has 2 aromatic carbocycles. The zero-order valence-corrected chi connectivity index (χ0v) is 19.3. The molecule has 2 N–H and O–H groups in total. The first-order valence-corrected chi connectivity index (χ1v) is 11.2. The highest BCUT2D eigenvalue weighted by atomic mass is 16.5. The van der Waals surface area contributed by atoms with Crippen LogP contribution < -0.4 is 9.47 Å². The zero-order valence-electron chi connectivity index (χ0n) is 19.3. The van der Waals surface area contributed by atoms with E-state index in [4.69, 9.17) is 20.3 Å². The van der Waals surface area contributed by atoms with Gasteiger partial charge in [-0.1, -0.05) is 12.1 Å². The highest BCUT2D eigenvalue weighted by molar-refractivity contribution is 6.41. The Bertz CT molecular complexity index is 1150. The summed E-state index contributed by atoms with van der Waals surface area (Å²) in [5.74, 6) is 0.328. The van der Waals surface area contributed by atoms with E-state index >= 15 is 0 Å². The van der Waals surface area contributed by atoms with Gasteiger partial charge in [0, 0.05) is 50.3 Å². The second-order valence-electron chi connectivity index (χ2n) is 8.52. The van der Waals surface area contributed by atoms with E-state index in [1.54, 1.807) is 43.3 Å². The Kier molecular flexibility index (Phi) is 6.58. The van der Waals surface area contributed by atoms with Gasteiger partial charge in [0.2, 0.25) is 0 Å². The molecule has 2 aliphatic heterocycles. The topological polar surface area (TPSA) is 116 Å². The molecule has 1 saturated heterocycles. The summed E-state index contributed by atoms with van der Waals surface area (Å²) in [6, 6.07) is 14.3. The predicted molar refractivity (Wildman–Crippen MR) is 130 cm³/mol. The maximum atomic E-state index is 12.9. The number of hydrogen-bond acceptors (Lipinski definition) is 7. The predicted octanol–water partition coefficient (Wildman–Crippen LogP) is 3.43. The lowest BCUT2D eigenvalue weighted by molar-refractivity contribution is -0.128.